The normalized spacial score (nSPS) is 22.6. The van der Waals surface area contributed by atoms with Crippen LogP contribution in [0, 0.1) is 5.82 Å². The van der Waals surface area contributed by atoms with Gasteiger partial charge in [0.25, 0.3) is 0 Å². The third-order valence-corrected chi connectivity index (χ3v) is 3.70. The summed E-state index contributed by atoms with van der Waals surface area (Å²) in [5.41, 5.74) is 5.99. The molecule has 2 N–H and O–H groups in total. The first-order valence-corrected chi connectivity index (χ1v) is 7.08. The first-order chi connectivity index (χ1) is 9.69. The molecule has 4 nitrogen and oxygen atoms in total. The molecule has 2 atom stereocenters. The van der Waals surface area contributed by atoms with Gasteiger partial charge in [-0.15, -0.1) is 0 Å². The molecule has 0 aliphatic carbocycles. The van der Waals surface area contributed by atoms with Crippen LogP contribution in [0.3, 0.4) is 0 Å². The molecule has 0 saturated carbocycles. The summed E-state index contributed by atoms with van der Waals surface area (Å²) in [5.74, 6) is 0.467. The Kier molecular flexibility index (Phi) is 7.71. The van der Waals surface area contributed by atoms with Gasteiger partial charge in [0.15, 0.2) is 0 Å². The zero-order chi connectivity index (χ0) is 14.4. The van der Waals surface area contributed by atoms with Crippen molar-refractivity contribution in [3.8, 4) is 5.75 Å². The van der Waals surface area contributed by atoms with E-state index in [4.69, 9.17) is 15.2 Å². The molecule has 115 valence electrons. The van der Waals surface area contributed by atoms with E-state index >= 15 is 0 Å². The van der Waals surface area contributed by atoms with E-state index in [1.165, 1.54) is 12.1 Å². The summed E-state index contributed by atoms with van der Waals surface area (Å²) in [7, 11) is 1.71. The molecule has 1 fully saturated rings. The first kappa shape index (κ1) is 17.9. The van der Waals surface area contributed by atoms with E-state index < -0.39 is 0 Å². The van der Waals surface area contributed by atoms with Gasteiger partial charge in [-0.25, -0.2) is 4.39 Å². The molecule has 21 heavy (non-hydrogen) atoms. The Labute approximate surface area is 128 Å². The van der Waals surface area contributed by atoms with Crippen molar-refractivity contribution in [3.05, 3.63) is 30.1 Å². The second-order valence-corrected chi connectivity index (χ2v) is 5.18. The molecule has 0 aromatic heterocycles. The molecular weight excluding hydrogens is 270 g/mol. The van der Waals surface area contributed by atoms with Crippen LogP contribution in [-0.2, 0) is 4.74 Å². The summed E-state index contributed by atoms with van der Waals surface area (Å²) in [4.78, 5) is 2.35. The van der Waals surface area contributed by atoms with E-state index in [1.54, 1.807) is 19.2 Å². The molecule has 2 rings (SSSR count). The molecule has 1 aromatic rings. The number of piperidine rings is 1. The average Bonchev–Trinajstić information content (AvgIpc) is 2.47. The number of methoxy groups -OCH3 is 1. The molecule has 1 aliphatic heterocycles. The van der Waals surface area contributed by atoms with Crippen LogP contribution < -0.4 is 10.5 Å². The molecular formula is C15H23BFN2O2. The van der Waals surface area contributed by atoms with Gasteiger partial charge in [-0.3, -0.25) is 0 Å². The van der Waals surface area contributed by atoms with Crippen molar-refractivity contribution in [3.63, 3.8) is 0 Å². The van der Waals surface area contributed by atoms with Crippen LogP contribution in [0.15, 0.2) is 24.3 Å². The fourth-order valence-corrected chi connectivity index (χ4v) is 2.46. The minimum Gasteiger partial charge on any atom is -0.494 e. The lowest BCUT2D eigenvalue weighted by Crippen LogP contribution is -2.51. The van der Waals surface area contributed by atoms with Crippen LogP contribution in [0.2, 0.25) is 0 Å². The summed E-state index contributed by atoms with van der Waals surface area (Å²) in [6.07, 6.45) is 2.03. The quantitative estimate of drug-likeness (QED) is 0.634. The predicted molar refractivity (Wildman–Crippen MR) is 82.1 cm³/mol. The minimum atomic E-state index is -0.243. The standard InChI is InChI=1S/C15H23FN2O2.B/c1-19-15-11-18(9-7-14(15)17)8-2-10-20-13-5-3-12(16)4-6-13;/h3-6,14-15H,2,7-11,17H2,1H3;/t14-,15+;/m0./s1. The molecule has 1 aliphatic rings. The third-order valence-electron chi connectivity index (χ3n) is 3.70. The van der Waals surface area contributed by atoms with Gasteiger partial charge in [0, 0.05) is 34.7 Å². The fraction of sp³-hybridized carbons (Fsp3) is 0.600. The predicted octanol–water partition coefficient (Wildman–Crippen LogP) is 1.26. The van der Waals surface area contributed by atoms with Gasteiger partial charge in [0.05, 0.1) is 12.7 Å². The molecule has 1 saturated heterocycles. The third kappa shape index (κ3) is 5.65. The minimum absolute atomic E-state index is 0. The lowest BCUT2D eigenvalue weighted by Gasteiger charge is -2.35. The number of ether oxygens (including phenoxy) is 2. The highest BCUT2D eigenvalue weighted by molar-refractivity contribution is 5.75. The van der Waals surface area contributed by atoms with Gasteiger partial charge in [-0.05, 0) is 43.7 Å². The number of nitrogens with two attached hydrogens (primary N) is 1. The lowest BCUT2D eigenvalue weighted by molar-refractivity contribution is 0.0154. The monoisotopic (exact) mass is 293 g/mol. The second kappa shape index (κ2) is 9.02. The number of hydrogen-bond acceptors (Lipinski definition) is 4. The average molecular weight is 293 g/mol. The number of benzene rings is 1. The summed E-state index contributed by atoms with van der Waals surface area (Å²) < 4.78 is 23.7. The zero-order valence-corrected chi connectivity index (χ0v) is 12.5. The van der Waals surface area contributed by atoms with Crippen LogP contribution in [0.1, 0.15) is 12.8 Å². The summed E-state index contributed by atoms with van der Waals surface area (Å²) in [6, 6.07) is 6.26. The van der Waals surface area contributed by atoms with Crippen molar-refractivity contribution >= 4 is 8.41 Å². The Morgan fingerprint density at radius 2 is 2.05 bits per heavy atom. The molecule has 1 aromatic carbocycles. The highest BCUT2D eigenvalue weighted by Gasteiger charge is 2.25. The Hall–Kier alpha value is -1.11. The SMILES string of the molecule is CO[C@@H]1CN(CCCOc2ccc(F)cc2)CC[C@@H]1N.[B]. The maximum atomic E-state index is 12.7. The first-order valence-electron chi connectivity index (χ1n) is 7.08. The number of halogens is 1. The van der Waals surface area contributed by atoms with Gasteiger partial charge in [-0.1, -0.05) is 0 Å². The highest BCUT2D eigenvalue weighted by atomic mass is 19.1. The molecule has 0 bridgehead atoms. The van der Waals surface area contributed by atoms with E-state index in [0.29, 0.717) is 12.4 Å². The Bertz CT molecular complexity index is 405. The lowest BCUT2D eigenvalue weighted by atomic mass is 10.0. The van der Waals surface area contributed by atoms with Crippen LogP contribution in [0.5, 0.6) is 5.75 Å². The van der Waals surface area contributed by atoms with E-state index in [2.05, 4.69) is 4.90 Å². The van der Waals surface area contributed by atoms with Gasteiger partial charge in [-0.2, -0.15) is 0 Å². The molecule has 6 heteroatoms. The summed E-state index contributed by atoms with van der Waals surface area (Å²) >= 11 is 0. The number of likely N-dealkylation sites (tertiary alicyclic amines) is 1. The molecule has 0 amide bonds. The van der Waals surface area contributed by atoms with E-state index in [9.17, 15) is 4.39 Å². The Morgan fingerprint density at radius 1 is 1.33 bits per heavy atom. The number of nitrogens with zero attached hydrogens (tertiary/aromatic N) is 1. The van der Waals surface area contributed by atoms with E-state index in [1.807, 2.05) is 0 Å². The van der Waals surface area contributed by atoms with Gasteiger partial charge in [0.2, 0.25) is 0 Å². The zero-order valence-electron chi connectivity index (χ0n) is 12.5. The largest absolute Gasteiger partial charge is 0.494 e. The molecule has 3 radical (unpaired) electrons. The van der Waals surface area contributed by atoms with Gasteiger partial charge in [0.1, 0.15) is 11.6 Å². The number of hydrogen-bond donors (Lipinski definition) is 1. The van der Waals surface area contributed by atoms with Crippen LogP contribution in [0.4, 0.5) is 4.39 Å². The maximum Gasteiger partial charge on any atom is 0.123 e. The Morgan fingerprint density at radius 3 is 2.71 bits per heavy atom. The highest BCUT2D eigenvalue weighted by Crippen LogP contribution is 2.13. The van der Waals surface area contributed by atoms with E-state index in [0.717, 1.165) is 32.5 Å². The molecule has 1 heterocycles. The summed E-state index contributed by atoms with van der Waals surface area (Å²) in [5, 5.41) is 0. The second-order valence-electron chi connectivity index (χ2n) is 5.18. The van der Waals surface area contributed by atoms with Crippen molar-refractivity contribution in [1.82, 2.24) is 4.90 Å². The van der Waals surface area contributed by atoms with Crippen molar-refractivity contribution in [1.29, 1.82) is 0 Å². The smallest absolute Gasteiger partial charge is 0.123 e. The fourth-order valence-electron chi connectivity index (χ4n) is 2.46. The van der Waals surface area contributed by atoms with E-state index in [-0.39, 0.29) is 26.4 Å². The number of rotatable bonds is 6. The van der Waals surface area contributed by atoms with Crippen molar-refractivity contribution < 1.29 is 13.9 Å². The Balaban J connectivity index is 0.00000220. The van der Waals surface area contributed by atoms with Crippen molar-refractivity contribution in [2.75, 3.05) is 33.4 Å². The van der Waals surface area contributed by atoms with Crippen LogP contribution in [-0.4, -0.2) is 58.8 Å². The maximum absolute atomic E-state index is 12.7. The van der Waals surface area contributed by atoms with Crippen molar-refractivity contribution in [2.24, 2.45) is 5.73 Å². The van der Waals surface area contributed by atoms with Gasteiger partial charge < -0.3 is 20.1 Å². The van der Waals surface area contributed by atoms with Gasteiger partial charge >= 0.3 is 0 Å². The molecule has 0 spiro atoms. The van der Waals surface area contributed by atoms with Crippen LogP contribution >= 0.6 is 0 Å². The van der Waals surface area contributed by atoms with Crippen molar-refractivity contribution in [2.45, 2.75) is 25.0 Å². The molecule has 0 unspecified atom stereocenters. The summed E-state index contributed by atoms with van der Waals surface area (Å²) in [6.45, 7) is 3.49. The van der Waals surface area contributed by atoms with Crippen LogP contribution in [0.25, 0.3) is 0 Å². The topological polar surface area (TPSA) is 47.7 Å².